The fourth-order valence-corrected chi connectivity index (χ4v) is 4.62. The zero-order valence-corrected chi connectivity index (χ0v) is 18.0. The van der Waals surface area contributed by atoms with Crippen LogP contribution in [-0.2, 0) is 17.8 Å². The number of nitrogens with zero attached hydrogens (tertiary/aromatic N) is 5. The van der Waals surface area contributed by atoms with Crippen LogP contribution in [0.2, 0.25) is 5.02 Å². The van der Waals surface area contributed by atoms with Crippen LogP contribution in [0.1, 0.15) is 18.4 Å². The van der Waals surface area contributed by atoms with Crippen LogP contribution >= 0.6 is 11.6 Å². The Kier molecular flexibility index (Phi) is 4.66. The van der Waals surface area contributed by atoms with Gasteiger partial charge in [-0.25, -0.2) is 15.0 Å². The highest BCUT2D eigenvalue weighted by Gasteiger charge is 2.22. The summed E-state index contributed by atoms with van der Waals surface area (Å²) in [5.41, 5.74) is 4.05. The predicted molar refractivity (Wildman–Crippen MR) is 124 cm³/mol. The van der Waals surface area contributed by atoms with Gasteiger partial charge in [0.2, 0.25) is 0 Å². The lowest BCUT2D eigenvalue weighted by Gasteiger charge is -2.12. The molecule has 0 saturated carbocycles. The molecule has 0 radical (unpaired) electrons. The van der Waals surface area contributed by atoms with Crippen LogP contribution in [0, 0.1) is 0 Å². The minimum Gasteiger partial charge on any atom is -0.376 e. The molecule has 0 amide bonds. The van der Waals surface area contributed by atoms with E-state index < -0.39 is 0 Å². The number of aromatic nitrogens is 5. The maximum absolute atomic E-state index is 13.6. The molecule has 1 atom stereocenters. The van der Waals surface area contributed by atoms with Crippen molar-refractivity contribution < 1.29 is 4.74 Å². The third-order valence-corrected chi connectivity index (χ3v) is 6.40. The lowest BCUT2D eigenvalue weighted by molar-refractivity contribution is 0.0960. The number of halogens is 1. The summed E-state index contributed by atoms with van der Waals surface area (Å²) < 4.78 is 9.30. The normalized spacial score (nSPS) is 16.5. The average molecular weight is 446 g/mol. The predicted octanol–water partition coefficient (Wildman–Crippen LogP) is 4.18. The van der Waals surface area contributed by atoms with Gasteiger partial charge in [0.1, 0.15) is 10.9 Å². The van der Waals surface area contributed by atoms with Crippen LogP contribution in [0.15, 0.2) is 59.7 Å². The Bertz CT molecular complexity index is 1530. The molecule has 160 valence electrons. The van der Waals surface area contributed by atoms with Gasteiger partial charge in [0.25, 0.3) is 5.56 Å². The Labute approximate surface area is 188 Å². The Morgan fingerprint density at radius 3 is 2.59 bits per heavy atom. The summed E-state index contributed by atoms with van der Waals surface area (Å²) in [7, 11) is 0. The second kappa shape index (κ2) is 7.69. The Morgan fingerprint density at radius 2 is 1.81 bits per heavy atom. The fraction of sp³-hybridized carbons (Fsp3) is 0.250. The monoisotopic (exact) mass is 445 g/mol. The van der Waals surface area contributed by atoms with Crippen molar-refractivity contribution in [3.63, 3.8) is 0 Å². The van der Waals surface area contributed by atoms with Crippen LogP contribution in [0.25, 0.3) is 33.2 Å². The number of benzene rings is 2. The average Bonchev–Trinajstić information content (AvgIpc) is 3.42. The molecule has 2 aromatic carbocycles. The Hall–Kier alpha value is -3.29. The van der Waals surface area contributed by atoms with Gasteiger partial charge in [-0.2, -0.15) is 0 Å². The minimum absolute atomic E-state index is 0.0374. The lowest BCUT2D eigenvalue weighted by atomic mass is 10.2. The first kappa shape index (κ1) is 19.4. The molecule has 0 unspecified atom stereocenters. The quantitative estimate of drug-likeness (QED) is 0.415. The summed E-state index contributed by atoms with van der Waals surface area (Å²) >= 11 is 6.44. The third-order valence-electron chi connectivity index (χ3n) is 6.03. The fourth-order valence-electron chi connectivity index (χ4n) is 4.42. The van der Waals surface area contributed by atoms with Crippen LogP contribution in [0.5, 0.6) is 0 Å². The van der Waals surface area contributed by atoms with E-state index in [2.05, 4.69) is 4.98 Å². The Morgan fingerprint density at radius 1 is 1.03 bits per heavy atom. The topological polar surface area (TPSA) is 74.8 Å². The maximum atomic E-state index is 13.6. The van der Waals surface area contributed by atoms with Gasteiger partial charge in [0.15, 0.2) is 11.3 Å². The van der Waals surface area contributed by atoms with Crippen molar-refractivity contribution in [2.45, 2.75) is 32.0 Å². The highest BCUT2D eigenvalue weighted by atomic mass is 35.5. The highest BCUT2D eigenvalue weighted by Crippen LogP contribution is 2.27. The summed E-state index contributed by atoms with van der Waals surface area (Å²) in [6, 6.07) is 15.3. The van der Waals surface area contributed by atoms with Gasteiger partial charge in [0.05, 0.1) is 36.6 Å². The van der Waals surface area contributed by atoms with Crippen molar-refractivity contribution in [1.29, 1.82) is 0 Å². The molecule has 32 heavy (non-hydrogen) atoms. The number of fused-ring (bicyclic) bond motifs is 4. The van der Waals surface area contributed by atoms with Crippen LogP contribution in [-0.4, -0.2) is 36.8 Å². The zero-order valence-electron chi connectivity index (χ0n) is 17.2. The third kappa shape index (κ3) is 3.16. The number of ether oxygens (including phenoxy) is 1. The maximum Gasteiger partial charge on any atom is 0.265 e. The molecule has 8 heteroatoms. The van der Waals surface area contributed by atoms with Gasteiger partial charge in [-0.1, -0.05) is 41.9 Å². The standard InChI is InChI=1S/C24H20ClN5O2/c25-17-8-2-1-6-15(17)12-30-22-20(21-23(30)28-19-10-4-3-9-18(19)27-21)24(31)29(14-26-22)13-16-7-5-11-32-16/h1-4,6,8-10,14,16H,5,7,11-13H2/t16-/m1/s1. The van der Waals surface area contributed by atoms with E-state index in [4.69, 9.17) is 26.3 Å². The van der Waals surface area contributed by atoms with Gasteiger partial charge in [-0.15, -0.1) is 0 Å². The molecule has 4 heterocycles. The van der Waals surface area contributed by atoms with Crippen molar-refractivity contribution in [2.75, 3.05) is 6.61 Å². The van der Waals surface area contributed by atoms with E-state index in [1.807, 2.05) is 53.1 Å². The van der Waals surface area contributed by atoms with E-state index in [-0.39, 0.29) is 11.7 Å². The van der Waals surface area contributed by atoms with Gasteiger partial charge in [0, 0.05) is 11.6 Å². The van der Waals surface area contributed by atoms with Gasteiger partial charge >= 0.3 is 0 Å². The van der Waals surface area contributed by atoms with E-state index >= 15 is 0 Å². The molecule has 0 spiro atoms. The minimum atomic E-state index is -0.127. The van der Waals surface area contributed by atoms with Crippen molar-refractivity contribution >= 4 is 44.8 Å². The summed E-state index contributed by atoms with van der Waals surface area (Å²) in [5, 5.41) is 1.13. The molecule has 0 N–H and O–H groups in total. The van der Waals surface area contributed by atoms with E-state index in [1.54, 1.807) is 10.9 Å². The van der Waals surface area contributed by atoms with E-state index in [9.17, 15) is 4.79 Å². The molecule has 1 saturated heterocycles. The molecule has 1 aliphatic heterocycles. The first-order valence-electron chi connectivity index (χ1n) is 10.7. The van der Waals surface area contributed by atoms with Crippen molar-refractivity contribution in [2.24, 2.45) is 0 Å². The number of para-hydroxylation sites is 2. The van der Waals surface area contributed by atoms with Gasteiger partial charge in [-0.3, -0.25) is 9.36 Å². The summed E-state index contributed by atoms with van der Waals surface area (Å²) in [6.07, 6.45) is 3.61. The SMILES string of the molecule is O=c1c2c3nc4ccccc4nc3n(Cc3ccccc3Cl)c2ncn1C[C@H]1CCCO1. The second-order valence-electron chi connectivity index (χ2n) is 8.10. The molecule has 7 nitrogen and oxygen atoms in total. The molecule has 0 bridgehead atoms. The summed E-state index contributed by atoms with van der Waals surface area (Å²) in [5.74, 6) is 0. The van der Waals surface area contributed by atoms with Crippen LogP contribution in [0.3, 0.4) is 0 Å². The number of hydrogen-bond acceptors (Lipinski definition) is 5. The molecule has 6 rings (SSSR count). The molecule has 5 aromatic rings. The van der Waals surface area contributed by atoms with Crippen molar-refractivity contribution in [3.8, 4) is 0 Å². The van der Waals surface area contributed by atoms with Crippen molar-refractivity contribution in [1.82, 2.24) is 24.1 Å². The Balaban J connectivity index is 1.62. The molecule has 3 aromatic heterocycles. The molecular weight excluding hydrogens is 426 g/mol. The zero-order chi connectivity index (χ0) is 21.7. The molecule has 1 aliphatic rings. The molecular formula is C24H20ClN5O2. The highest BCUT2D eigenvalue weighted by molar-refractivity contribution is 6.31. The molecule has 0 aliphatic carbocycles. The molecule has 1 fully saturated rings. The summed E-state index contributed by atoms with van der Waals surface area (Å²) in [4.78, 5) is 27.9. The lowest BCUT2D eigenvalue weighted by Crippen LogP contribution is -2.26. The van der Waals surface area contributed by atoms with Gasteiger partial charge < -0.3 is 9.30 Å². The van der Waals surface area contributed by atoms with E-state index in [0.717, 1.165) is 36.0 Å². The number of rotatable bonds is 4. The first-order valence-corrected chi connectivity index (χ1v) is 11.1. The van der Waals surface area contributed by atoms with E-state index in [0.29, 0.717) is 40.3 Å². The van der Waals surface area contributed by atoms with Crippen LogP contribution in [0.4, 0.5) is 0 Å². The smallest absolute Gasteiger partial charge is 0.265 e. The van der Waals surface area contributed by atoms with Crippen molar-refractivity contribution in [3.05, 3.63) is 75.8 Å². The largest absolute Gasteiger partial charge is 0.376 e. The van der Waals surface area contributed by atoms with Gasteiger partial charge in [-0.05, 0) is 36.6 Å². The second-order valence-corrected chi connectivity index (χ2v) is 8.51. The van der Waals surface area contributed by atoms with E-state index in [1.165, 1.54) is 0 Å². The number of hydrogen-bond donors (Lipinski definition) is 0. The summed E-state index contributed by atoms with van der Waals surface area (Å²) in [6.45, 7) is 1.67. The first-order chi connectivity index (χ1) is 15.7. The van der Waals surface area contributed by atoms with Crippen LogP contribution < -0.4 is 5.56 Å².